The van der Waals surface area contributed by atoms with Crippen molar-refractivity contribution in [2.24, 2.45) is 0 Å². The van der Waals surface area contributed by atoms with Gasteiger partial charge in [0, 0.05) is 36.9 Å². The monoisotopic (exact) mass is 506 g/mol. The molecule has 2 N–H and O–H groups in total. The zero-order valence-electron chi connectivity index (χ0n) is 19.3. The Morgan fingerprint density at radius 3 is 1.49 bits per heavy atom. The molecule has 0 aliphatic carbocycles. The molecule has 0 spiro atoms. The summed E-state index contributed by atoms with van der Waals surface area (Å²) in [6.45, 7) is 2.90. The van der Waals surface area contributed by atoms with Crippen LogP contribution in [0.3, 0.4) is 0 Å². The van der Waals surface area contributed by atoms with Crippen molar-refractivity contribution in [2.75, 3.05) is 0 Å². The molecule has 14 nitrogen and oxygen atoms in total. The topological polar surface area (TPSA) is 204 Å². The number of H-pyrrole nitrogens is 2. The molecule has 0 aliphatic rings. The Morgan fingerprint density at radius 1 is 0.757 bits per heavy atom. The number of nitro benzene ring substituents is 2. The van der Waals surface area contributed by atoms with Gasteiger partial charge in [-0.3, -0.25) is 25.0 Å². The third-order valence-corrected chi connectivity index (χ3v) is 4.92. The second-order valence-electron chi connectivity index (χ2n) is 7.33. The summed E-state index contributed by atoms with van der Waals surface area (Å²) in [5.41, 5.74) is -1.30. The average molecular weight is 506 g/mol. The Labute approximate surface area is 207 Å². The lowest BCUT2D eigenvalue weighted by molar-refractivity contribution is -0.385. The SMILES string of the molecule is Cc1cccc([N+](=O)[O-])c1C(=O)OC(=O)c1c(C)cccc1[N+](=O)[O-].O=C(c1ncc[nH]1)c1ncc[nH]1. The summed E-state index contributed by atoms with van der Waals surface area (Å²) in [5, 5.41) is 22.1. The van der Waals surface area contributed by atoms with E-state index in [4.69, 9.17) is 0 Å². The first-order valence-electron chi connectivity index (χ1n) is 10.4. The van der Waals surface area contributed by atoms with Crippen molar-refractivity contribution in [2.45, 2.75) is 13.8 Å². The molecule has 0 unspecified atom stereocenters. The molecule has 0 saturated carbocycles. The van der Waals surface area contributed by atoms with E-state index in [0.29, 0.717) is 11.6 Å². The van der Waals surface area contributed by atoms with E-state index in [1.165, 1.54) is 50.5 Å². The van der Waals surface area contributed by atoms with Gasteiger partial charge in [-0.25, -0.2) is 19.6 Å². The minimum atomic E-state index is -1.24. The average Bonchev–Trinajstić information content (AvgIpc) is 3.58. The highest BCUT2D eigenvalue weighted by Crippen LogP contribution is 2.26. The third-order valence-electron chi connectivity index (χ3n) is 4.92. The van der Waals surface area contributed by atoms with Gasteiger partial charge in [0.15, 0.2) is 11.6 Å². The number of carbonyl (C=O) groups excluding carboxylic acids is 3. The summed E-state index contributed by atoms with van der Waals surface area (Å²) in [4.78, 5) is 69.5. The first-order chi connectivity index (χ1) is 17.6. The van der Waals surface area contributed by atoms with Crippen LogP contribution in [0.2, 0.25) is 0 Å². The lowest BCUT2D eigenvalue weighted by atomic mass is 10.1. The van der Waals surface area contributed by atoms with E-state index in [1.807, 2.05) is 0 Å². The van der Waals surface area contributed by atoms with Gasteiger partial charge in [0.1, 0.15) is 11.1 Å². The number of nitro groups is 2. The van der Waals surface area contributed by atoms with E-state index in [1.54, 1.807) is 12.4 Å². The number of rotatable bonds is 6. The summed E-state index contributed by atoms with van der Waals surface area (Å²) in [6, 6.07) is 7.87. The molecule has 37 heavy (non-hydrogen) atoms. The summed E-state index contributed by atoms with van der Waals surface area (Å²) in [6.07, 6.45) is 6.23. The van der Waals surface area contributed by atoms with Crippen LogP contribution in [0, 0.1) is 34.1 Å². The van der Waals surface area contributed by atoms with E-state index in [-0.39, 0.29) is 28.0 Å². The van der Waals surface area contributed by atoms with Crippen LogP contribution in [-0.4, -0.2) is 47.5 Å². The minimum absolute atomic E-state index is 0.231. The van der Waals surface area contributed by atoms with Gasteiger partial charge in [0.2, 0.25) is 0 Å². The molecule has 0 bridgehead atoms. The van der Waals surface area contributed by atoms with Crippen LogP contribution in [0.5, 0.6) is 0 Å². The van der Waals surface area contributed by atoms with Crippen molar-refractivity contribution in [1.82, 2.24) is 19.9 Å². The molecule has 0 atom stereocenters. The Morgan fingerprint density at radius 2 is 1.16 bits per heavy atom. The van der Waals surface area contributed by atoms with E-state index < -0.39 is 33.2 Å². The molecule has 0 saturated heterocycles. The van der Waals surface area contributed by atoms with Crippen LogP contribution in [0.15, 0.2) is 61.2 Å². The molecule has 2 aromatic heterocycles. The Kier molecular flexibility index (Phi) is 7.94. The molecule has 2 heterocycles. The summed E-state index contributed by atoms with van der Waals surface area (Å²) >= 11 is 0. The largest absolute Gasteiger partial charge is 0.385 e. The van der Waals surface area contributed by atoms with Crippen molar-refractivity contribution >= 4 is 29.1 Å². The first-order valence-corrected chi connectivity index (χ1v) is 10.4. The number of ether oxygens (including phenoxy) is 1. The second-order valence-corrected chi connectivity index (χ2v) is 7.33. The highest BCUT2D eigenvalue weighted by atomic mass is 16.6. The van der Waals surface area contributed by atoms with Gasteiger partial charge in [0.05, 0.1) is 9.85 Å². The maximum Gasteiger partial charge on any atom is 0.353 e. The fourth-order valence-corrected chi connectivity index (χ4v) is 3.22. The highest BCUT2D eigenvalue weighted by molar-refractivity contribution is 6.07. The molecule has 188 valence electrons. The number of hydrogen-bond donors (Lipinski definition) is 2. The van der Waals surface area contributed by atoms with Crippen LogP contribution in [0.4, 0.5) is 11.4 Å². The number of esters is 2. The lowest BCUT2D eigenvalue weighted by Gasteiger charge is -2.08. The number of carbonyl (C=O) groups is 3. The van der Waals surface area contributed by atoms with Crippen LogP contribution in [-0.2, 0) is 4.74 Å². The molecule has 0 fully saturated rings. The standard InChI is InChI=1S/C16H12N2O7.C7H6N4O/c1-9-5-3-7-11(17(21)22)13(9)15(19)25-16(20)14-10(2)6-4-8-12(14)18(23)24;12-5(6-8-1-2-9-6)7-10-3-4-11-7/h3-8H,1-2H3;1-4H,(H,8,9)(H,10,11). The van der Waals surface area contributed by atoms with Crippen molar-refractivity contribution in [3.05, 3.63) is 115 Å². The number of aromatic nitrogens is 4. The van der Waals surface area contributed by atoms with Gasteiger partial charge >= 0.3 is 11.9 Å². The van der Waals surface area contributed by atoms with Gasteiger partial charge < -0.3 is 14.7 Å². The molecule has 4 aromatic rings. The molecular formula is C23H18N6O8. The van der Waals surface area contributed by atoms with Gasteiger partial charge in [-0.15, -0.1) is 0 Å². The molecule has 4 rings (SSSR count). The number of benzene rings is 2. The Balaban J connectivity index is 0.000000262. The number of aromatic amines is 2. The number of imidazole rings is 2. The fraction of sp³-hybridized carbons (Fsp3) is 0.0870. The minimum Gasteiger partial charge on any atom is -0.385 e. The van der Waals surface area contributed by atoms with Crippen LogP contribution in [0.25, 0.3) is 0 Å². The predicted octanol–water partition coefficient (Wildman–Crippen LogP) is 3.48. The van der Waals surface area contributed by atoms with Crippen molar-refractivity contribution < 1.29 is 29.0 Å². The zero-order chi connectivity index (χ0) is 27.1. The van der Waals surface area contributed by atoms with Gasteiger partial charge in [-0.05, 0) is 25.0 Å². The Bertz CT molecular complexity index is 1370. The number of hydrogen-bond acceptors (Lipinski definition) is 10. The highest BCUT2D eigenvalue weighted by Gasteiger charge is 2.29. The lowest BCUT2D eigenvalue weighted by Crippen LogP contribution is -2.17. The van der Waals surface area contributed by atoms with Crippen molar-refractivity contribution in [3.8, 4) is 0 Å². The molecule has 14 heteroatoms. The van der Waals surface area contributed by atoms with Crippen molar-refractivity contribution in [3.63, 3.8) is 0 Å². The molecule has 2 aromatic carbocycles. The first kappa shape index (κ1) is 26.1. The van der Waals surface area contributed by atoms with Gasteiger partial charge in [-0.1, -0.05) is 24.3 Å². The number of aryl methyl sites for hydroxylation is 2. The number of ketones is 1. The van der Waals surface area contributed by atoms with Crippen LogP contribution in [0.1, 0.15) is 48.3 Å². The zero-order valence-corrected chi connectivity index (χ0v) is 19.3. The van der Waals surface area contributed by atoms with E-state index in [2.05, 4.69) is 24.7 Å². The fourth-order valence-electron chi connectivity index (χ4n) is 3.22. The van der Waals surface area contributed by atoms with Crippen LogP contribution < -0.4 is 0 Å². The number of nitrogens with one attached hydrogen (secondary N) is 2. The molecule has 0 amide bonds. The maximum absolute atomic E-state index is 12.2. The Hall–Kier alpha value is -5.53. The normalized spacial score (nSPS) is 10.1. The maximum atomic E-state index is 12.2. The predicted molar refractivity (Wildman–Crippen MR) is 126 cm³/mol. The van der Waals surface area contributed by atoms with E-state index >= 15 is 0 Å². The molecule has 0 radical (unpaired) electrons. The number of nitrogens with zero attached hydrogens (tertiary/aromatic N) is 4. The van der Waals surface area contributed by atoms with Gasteiger partial charge in [-0.2, -0.15) is 0 Å². The van der Waals surface area contributed by atoms with Crippen molar-refractivity contribution in [1.29, 1.82) is 0 Å². The van der Waals surface area contributed by atoms with Crippen LogP contribution >= 0.6 is 0 Å². The molecule has 0 aliphatic heterocycles. The van der Waals surface area contributed by atoms with E-state index in [9.17, 15) is 34.6 Å². The van der Waals surface area contributed by atoms with Gasteiger partial charge in [0.25, 0.3) is 17.2 Å². The summed E-state index contributed by atoms with van der Waals surface area (Å²) in [5.74, 6) is -2.13. The van der Waals surface area contributed by atoms with E-state index in [0.717, 1.165) is 12.1 Å². The smallest absolute Gasteiger partial charge is 0.353 e. The molecular weight excluding hydrogens is 488 g/mol. The quantitative estimate of drug-likeness (QED) is 0.128. The third kappa shape index (κ3) is 5.94. The summed E-state index contributed by atoms with van der Waals surface area (Å²) < 4.78 is 4.68. The second kappa shape index (κ2) is 11.3. The summed E-state index contributed by atoms with van der Waals surface area (Å²) in [7, 11) is 0.